The van der Waals surface area contributed by atoms with Crippen LogP contribution < -0.4 is 14.4 Å². The molecule has 1 unspecified atom stereocenters. The quantitative estimate of drug-likeness (QED) is 0.0970. The number of fused-ring (bicyclic) bond motifs is 1. The van der Waals surface area contributed by atoms with Gasteiger partial charge < -0.3 is 14.6 Å². The van der Waals surface area contributed by atoms with Gasteiger partial charge in [0.15, 0.2) is 16.6 Å². The van der Waals surface area contributed by atoms with Gasteiger partial charge in [-0.05, 0) is 49.2 Å². The molecule has 0 saturated carbocycles. The fourth-order valence-corrected chi connectivity index (χ4v) is 5.72. The predicted octanol–water partition coefficient (Wildman–Crippen LogP) is 7.03. The van der Waals surface area contributed by atoms with Crippen molar-refractivity contribution >= 4 is 44.1 Å². The van der Waals surface area contributed by atoms with Crippen LogP contribution in [0.2, 0.25) is 0 Å². The van der Waals surface area contributed by atoms with E-state index in [1.54, 1.807) is 48.5 Å². The lowest BCUT2D eigenvalue weighted by Crippen LogP contribution is -2.29. The number of hydrogen-bond acceptors (Lipinski definition) is 7. The number of aliphatic hydroxyl groups is 1. The fourth-order valence-electron chi connectivity index (χ4n) is 4.70. The van der Waals surface area contributed by atoms with E-state index in [9.17, 15) is 19.1 Å². The van der Waals surface area contributed by atoms with E-state index in [0.717, 1.165) is 30.6 Å². The van der Waals surface area contributed by atoms with Crippen molar-refractivity contribution in [2.24, 2.45) is 0 Å². The summed E-state index contributed by atoms with van der Waals surface area (Å²) in [6.07, 6.45) is 3.01. The van der Waals surface area contributed by atoms with Crippen LogP contribution in [0.3, 0.4) is 0 Å². The molecule has 1 N–H and O–H groups in total. The lowest BCUT2D eigenvalue weighted by Gasteiger charge is -2.24. The predicted molar refractivity (Wildman–Crippen MR) is 153 cm³/mol. The summed E-state index contributed by atoms with van der Waals surface area (Å²) >= 11 is 1.10. The molecule has 3 aromatic carbocycles. The molecule has 0 aliphatic carbocycles. The van der Waals surface area contributed by atoms with E-state index in [4.69, 9.17) is 9.47 Å². The van der Waals surface area contributed by atoms with Crippen molar-refractivity contribution in [1.82, 2.24) is 4.98 Å². The van der Waals surface area contributed by atoms with Gasteiger partial charge >= 0.3 is 5.91 Å². The standard InChI is InChI=1S/C31H29FN2O5S/c1-3-5-9-16-39-23-15-12-20(17-24(23)38-4-2)27-26(28(35)19-10-7-6-8-11-19)29(36)30(37)34(27)31-33-22-14-13-21(32)18-25(22)40-31/h6-8,10-15,17-18,27,35H,3-5,9,16H2,1-2H3/b28-26+. The molecule has 2 heterocycles. The molecule has 1 aromatic heterocycles. The van der Waals surface area contributed by atoms with Crippen LogP contribution in [0.1, 0.15) is 50.3 Å². The number of ketones is 1. The zero-order valence-corrected chi connectivity index (χ0v) is 23.0. The Hall–Kier alpha value is -4.24. The Morgan fingerprint density at radius 1 is 1.00 bits per heavy atom. The minimum absolute atomic E-state index is 0.0688. The molecule has 4 aromatic rings. The highest BCUT2D eigenvalue weighted by molar-refractivity contribution is 7.22. The number of aliphatic hydroxyl groups excluding tert-OH is 1. The number of aromatic nitrogens is 1. The largest absolute Gasteiger partial charge is 0.507 e. The van der Waals surface area contributed by atoms with Crippen molar-refractivity contribution in [3.63, 3.8) is 0 Å². The average molecular weight is 561 g/mol. The number of benzene rings is 3. The van der Waals surface area contributed by atoms with Crippen molar-refractivity contribution in [1.29, 1.82) is 0 Å². The first-order valence-corrected chi connectivity index (χ1v) is 14.1. The molecular weight excluding hydrogens is 531 g/mol. The number of Topliss-reactive ketones (excluding diaryl/α,β-unsaturated/α-hetero) is 1. The van der Waals surface area contributed by atoms with Crippen LogP contribution in [0.4, 0.5) is 9.52 Å². The van der Waals surface area contributed by atoms with E-state index in [-0.39, 0.29) is 16.5 Å². The van der Waals surface area contributed by atoms with Gasteiger partial charge in [0.25, 0.3) is 5.78 Å². The monoisotopic (exact) mass is 560 g/mol. The number of thiazole rings is 1. The summed E-state index contributed by atoms with van der Waals surface area (Å²) in [5.74, 6) is -1.38. The second-order valence-corrected chi connectivity index (χ2v) is 10.3. The molecule has 0 spiro atoms. The molecular formula is C31H29FN2O5S. The van der Waals surface area contributed by atoms with Crippen molar-refractivity contribution in [3.8, 4) is 11.5 Å². The number of carbonyl (C=O) groups excluding carboxylic acids is 2. The van der Waals surface area contributed by atoms with Crippen LogP contribution in [-0.4, -0.2) is 35.0 Å². The third-order valence-corrected chi connectivity index (χ3v) is 7.64. The van der Waals surface area contributed by atoms with Gasteiger partial charge in [0.1, 0.15) is 11.6 Å². The summed E-state index contributed by atoms with van der Waals surface area (Å²) < 4.78 is 26.3. The highest BCUT2D eigenvalue weighted by atomic mass is 32.1. The fraction of sp³-hybridized carbons (Fsp3) is 0.258. The number of anilines is 1. The molecule has 40 heavy (non-hydrogen) atoms. The van der Waals surface area contributed by atoms with Crippen molar-refractivity contribution < 1.29 is 28.6 Å². The van der Waals surface area contributed by atoms with E-state index in [0.29, 0.717) is 46.1 Å². The Bertz CT molecular complexity index is 1580. The van der Waals surface area contributed by atoms with Crippen LogP contribution >= 0.6 is 11.3 Å². The highest BCUT2D eigenvalue weighted by Crippen LogP contribution is 2.46. The van der Waals surface area contributed by atoms with Gasteiger partial charge in [-0.1, -0.05) is 67.5 Å². The topological polar surface area (TPSA) is 89.0 Å². The average Bonchev–Trinajstić information content (AvgIpc) is 3.49. The molecule has 1 atom stereocenters. The summed E-state index contributed by atoms with van der Waals surface area (Å²) in [6.45, 7) is 4.88. The minimum Gasteiger partial charge on any atom is -0.507 e. The Morgan fingerprint density at radius 3 is 2.55 bits per heavy atom. The van der Waals surface area contributed by atoms with Crippen LogP contribution in [-0.2, 0) is 9.59 Å². The number of amides is 1. The molecule has 1 amide bonds. The van der Waals surface area contributed by atoms with Crippen LogP contribution in [0.15, 0.2) is 72.3 Å². The van der Waals surface area contributed by atoms with E-state index < -0.39 is 23.5 Å². The maximum atomic E-state index is 13.9. The number of unbranched alkanes of at least 4 members (excludes halogenated alkanes) is 2. The third-order valence-electron chi connectivity index (χ3n) is 6.63. The second kappa shape index (κ2) is 11.9. The molecule has 1 aliphatic rings. The van der Waals surface area contributed by atoms with Crippen molar-refractivity contribution in [3.05, 3.63) is 89.2 Å². The molecule has 9 heteroatoms. The van der Waals surface area contributed by atoms with Gasteiger partial charge in [-0.3, -0.25) is 14.5 Å². The van der Waals surface area contributed by atoms with E-state index in [2.05, 4.69) is 11.9 Å². The van der Waals surface area contributed by atoms with E-state index in [1.807, 2.05) is 6.92 Å². The van der Waals surface area contributed by atoms with Crippen LogP contribution in [0.5, 0.6) is 11.5 Å². The Labute approximate surface area is 235 Å². The molecule has 7 nitrogen and oxygen atoms in total. The SMILES string of the molecule is CCCCCOc1ccc(C2/C(=C(\O)c3ccccc3)C(=O)C(=O)N2c2nc3ccc(F)cc3s2)cc1OCC. The van der Waals surface area contributed by atoms with Crippen LogP contribution in [0, 0.1) is 5.82 Å². The van der Waals surface area contributed by atoms with Crippen LogP contribution in [0.25, 0.3) is 16.0 Å². The summed E-state index contributed by atoms with van der Waals surface area (Å²) in [5.41, 5.74) is 1.36. The Kier molecular flexibility index (Phi) is 8.11. The molecule has 1 aliphatic heterocycles. The Morgan fingerprint density at radius 2 is 1.80 bits per heavy atom. The lowest BCUT2D eigenvalue weighted by molar-refractivity contribution is -0.132. The normalized spacial score (nSPS) is 16.6. The van der Waals surface area contributed by atoms with Gasteiger partial charge in [-0.2, -0.15) is 0 Å². The minimum atomic E-state index is -1.00. The van der Waals surface area contributed by atoms with Gasteiger partial charge in [0, 0.05) is 5.56 Å². The smallest absolute Gasteiger partial charge is 0.301 e. The number of halogens is 1. The summed E-state index contributed by atoms with van der Waals surface area (Å²) in [4.78, 5) is 32.8. The zero-order chi connectivity index (χ0) is 28.2. The van der Waals surface area contributed by atoms with E-state index >= 15 is 0 Å². The van der Waals surface area contributed by atoms with Gasteiger partial charge in [0.05, 0.1) is 35.0 Å². The highest BCUT2D eigenvalue weighted by Gasteiger charge is 2.48. The number of rotatable bonds is 10. The lowest BCUT2D eigenvalue weighted by atomic mass is 9.95. The molecule has 0 bridgehead atoms. The van der Waals surface area contributed by atoms with Crippen molar-refractivity contribution in [2.75, 3.05) is 18.1 Å². The molecule has 1 fully saturated rings. The number of carbonyl (C=O) groups is 2. The van der Waals surface area contributed by atoms with Gasteiger partial charge in [0.2, 0.25) is 0 Å². The molecule has 1 saturated heterocycles. The number of nitrogens with zero attached hydrogens (tertiary/aromatic N) is 2. The summed E-state index contributed by atoms with van der Waals surface area (Å²) in [5, 5.41) is 11.6. The second-order valence-electron chi connectivity index (χ2n) is 9.34. The first-order valence-electron chi connectivity index (χ1n) is 13.2. The van der Waals surface area contributed by atoms with Gasteiger partial charge in [-0.25, -0.2) is 9.37 Å². The molecule has 206 valence electrons. The maximum absolute atomic E-state index is 13.9. The van der Waals surface area contributed by atoms with Gasteiger partial charge in [-0.15, -0.1) is 0 Å². The number of hydrogen-bond donors (Lipinski definition) is 1. The molecule has 0 radical (unpaired) electrons. The summed E-state index contributed by atoms with van der Waals surface area (Å²) in [7, 11) is 0. The first-order chi connectivity index (χ1) is 19.4. The zero-order valence-electron chi connectivity index (χ0n) is 22.2. The first kappa shape index (κ1) is 27.3. The summed E-state index contributed by atoms with van der Waals surface area (Å²) in [6, 6.07) is 17.0. The molecule has 5 rings (SSSR count). The van der Waals surface area contributed by atoms with Crippen molar-refractivity contribution in [2.45, 2.75) is 39.2 Å². The third kappa shape index (κ3) is 5.29. The Balaban J connectivity index is 1.65. The van der Waals surface area contributed by atoms with E-state index in [1.165, 1.54) is 23.1 Å². The maximum Gasteiger partial charge on any atom is 0.301 e. The number of ether oxygens (including phenoxy) is 2.